The minimum Gasteiger partial charge on any atom is -0.611 e. The SMILES string of the molecule is O=C1NCCCCC1[S+]([O-])c1cc(Cl)cc(Cl)c1. The maximum atomic E-state index is 12.4. The van der Waals surface area contributed by atoms with Crippen LogP contribution in [0.25, 0.3) is 0 Å². The van der Waals surface area contributed by atoms with Gasteiger partial charge in [0.15, 0.2) is 10.1 Å². The average molecular weight is 306 g/mol. The van der Waals surface area contributed by atoms with Crippen LogP contribution in [0.4, 0.5) is 0 Å². The molecule has 18 heavy (non-hydrogen) atoms. The largest absolute Gasteiger partial charge is 0.611 e. The Kier molecular flexibility index (Phi) is 4.78. The topological polar surface area (TPSA) is 52.2 Å². The van der Waals surface area contributed by atoms with E-state index in [2.05, 4.69) is 5.32 Å². The van der Waals surface area contributed by atoms with Crippen LogP contribution < -0.4 is 5.32 Å². The number of amides is 1. The molecule has 2 unspecified atom stereocenters. The highest BCUT2D eigenvalue weighted by Crippen LogP contribution is 2.27. The first-order valence-corrected chi connectivity index (χ1v) is 7.69. The molecular formula is C12H13Cl2NO2S. The molecular weight excluding hydrogens is 293 g/mol. The van der Waals surface area contributed by atoms with Gasteiger partial charge in [-0.05, 0) is 30.1 Å². The molecule has 1 N–H and O–H groups in total. The maximum Gasteiger partial charge on any atom is 0.273 e. The van der Waals surface area contributed by atoms with Crippen LogP contribution >= 0.6 is 23.2 Å². The molecule has 1 fully saturated rings. The number of hydrogen-bond donors (Lipinski definition) is 1. The Labute approximate surface area is 119 Å². The van der Waals surface area contributed by atoms with E-state index in [0.29, 0.717) is 27.9 Å². The summed E-state index contributed by atoms with van der Waals surface area (Å²) in [4.78, 5) is 12.3. The molecule has 0 aromatic heterocycles. The van der Waals surface area contributed by atoms with E-state index in [4.69, 9.17) is 23.2 Å². The van der Waals surface area contributed by atoms with Crippen molar-refractivity contribution in [3.63, 3.8) is 0 Å². The second-order valence-corrected chi connectivity index (χ2v) is 6.69. The molecule has 1 heterocycles. The maximum absolute atomic E-state index is 12.4. The fourth-order valence-electron chi connectivity index (χ4n) is 1.92. The standard InChI is InChI=1S/C12H13Cl2NO2S/c13-8-5-9(14)7-10(6-8)18(17)11-3-1-2-4-15-12(11)16/h5-7,11H,1-4H2,(H,15,16). The first kappa shape index (κ1) is 14.0. The summed E-state index contributed by atoms with van der Waals surface area (Å²) < 4.78 is 12.4. The molecule has 3 nitrogen and oxygen atoms in total. The summed E-state index contributed by atoms with van der Waals surface area (Å²) >= 11 is 10.4. The predicted octanol–water partition coefficient (Wildman–Crippen LogP) is 2.77. The van der Waals surface area contributed by atoms with E-state index in [1.807, 2.05) is 0 Å². The van der Waals surface area contributed by atoms with Crippen molar-refractivity contribution in [3.05, 3.63) is 28.2 Å². The van der Waals surface area contributed by atoms with Crippen molar-refractivity contribution >= 4 is 40.3 Å². The summed E-state index contributed by atoms with van der Waals surface area (Å²) in [6.07, 6.45) is 2.45. The molecule has 1 aromatic rings. The van der Waals surface area contributed by atoms with Gasteiger partial charge in [0.2, 0.25) is 0 Å². The lowest BCUT2D eigenvalue weighted by atomic mass is 10.2. The van der Waals surface area contributed by atoms with Crippen LogP contribution in [0.2, 0.25) is 10.0 Å². The van der Waals surface area contributed by atoms with Gasteiger partial charge in [-0.15, -0.1) is 0 Å². The van der Waals surface area contributed by atoms with Gasteiger partial charge in [0.05, 0.1) is 0 Å². The van der Waals surface area contributed by atoms with Gasteiger partial charge in [-0.2, -0.15) is 0 Å². The van der Waals surface area contributed by atoms with Crippen molar-refractivity contribution in [1.82, 2.24) is 5.32 Å². The molecule has 1 amide bonds. The average Bonchev–Trinajstić information content (AvgIpc) is 2.51. The Morgan fingerprint density at radius 3 is 2.56 bits per heavy atom. The smallest absolute Gasteiger partial charge is 0.273 e. The van der Waals surface area contributed by atoms with Crippen LogP contribution in [-0.2, 0) is 16.0 Å². The third-order valence-corrected chi connectivity index (χ3v) is 4.91. The highest BCUT2D eigenvalue weighted by atomic mass is 35.5. The Balaban J connectivity index is 2.23. The fourth-order valence-corrected chi connectivity index (χ4v) is 4.05. The lowest BCUT2D eigenvalue weighted by Crippen LogP contribution is -2.38. The molecule has 98 valence electrons. The second-order valence-electron chi connectivity index (χ2n) is 4.18. The van der Waals surface area contributed by atoms with Gasteiger partial charge in [-0.25, -0.2) is 0 Å². The van der Waals surface area contributed by atoms with Crippen LogP contribution in [0.5, 0.6) is 0 Å². The predicted molar refractivity (Wildman–Crippen MR) is 73.5 cm³/mol. The summed E-state index contributed by atoms with van der Waals surface area (Å²) in [5, 5.41) is 3.13. The van der Waals surface area contributed by atoms with Crippen molar-refractivity contribution in [2.45, 2.75) is 29.4 Å². The van der Waals surface area contributed by atoms with Crippen LogP contribution in [0.15, 0.2) is 23.1 Å². The quantitative estimate of drug-likeness (QED) is 0.854. The molecule has 2 rings (SSSR count). The number of carbonyl (C=O) groups is 1. The summed E-state index contributed by atoms with van der Waals surface area (Å²) in [6, 6.07) is 4.78. The molecule has 0 aliphatic carbocycles. The Bertz CT molecular complexity index is 435. The molecule has 1 aromatic carbocycles. The van der Waals surface area contributed by atoms with Gasteiger partial charge in [0.1, 0.15) is 0 Å². The zero-order valence-corrected chi connectivity index (χ0v) is 11.9. The highest BCUT2D eigenvalue weighted by molar-refractivity contribution is 7.92. The minimum atomic E-state index is -1.41. The fraction of sp³-hybridized carbons (Fsp3) is 0.417. The van der Waals surface area contributed by atoms with Gasteiger partial charge in [-0.1, -0.05) is 23.2 Å². The van der Waals surface area contributed by atoms with E-state index in [9.17, 15) is 9.35 Å². The number of halogens is 2. The van der Waals surface area contributed by atoms with Crippen LogP contribution in [-0.4, -0.2) is 22.3 Å². The number of benzene rings is 1. The zero-order chi connectivity index (χ0) is 13.1. The van der Waals surface area contributed by atoms with Gasteiger partial charge in [0.25, 0.3) is 5.91 Å². The molecule has 2 atom stereocenters. The molecule has 1 aliphatic heterocycles. The van der Waals surface area contributed by atoms with Crippen LogP contribution in [0, 0.1) is 0 Å². The normalized spacial score (nSPS) is 22.2. The molecule has 6 heteroatoms. The highest BCUT2D eigenvalue weighted by Gasteiger charge is 2.33. The summed E-state index contributed by atoms with van der Waals surface area (Å²) in [5.74, 6) is -0.151. The minimum absolute atomic E-state index is 0.151. The van der Waals surface area contributed by atoms with E-state index in [1.54, 1.807) is 18.2 Å². The number of nitrogens with one attached hydrogen (secondary N) is 1. The molecule has 1 saturated heterocycles. The van der Waals surface area contributed by atoms with Gasteiger partial charge >= 0.3 is 0 Å². The van der Waals surface area contributed by atoms with E-state index in [0.717, 1.165) is 12.8 Å². The third kappa shape index (κ3) is 3.32. The van der Waals surface area contributed by atoms with Crippen molar-refractivity contribution < 1.29 is 9.35 Å². The molecule has 0 spiro atoms. The number of rotatable bonds is 2. The van der Waals surface area contributed by atoms with Crippen molar-refractivity contribution in [2.24, 2.45) is 0 Å². The van der Waals surface area contributed by atoms with Gasteiger partial charge in [0, 0.05) is 35.1 Å². The molecule has 1 aliphatic rings. The van der Waals surface area contributed by atoms with Crippen molar-refractivity contribution in [2.75, 3.05) is 6.54 Å². The zero-order valence-electron chi connectivity index (χ0n) is 9.62. The van der Waals surface area contributed by atoms with E-state index < -0.39 is 16.4 Å². The molecule has 0 bridgehead atoms. The second kappa shape index (κ2) is 6.15. The number of carbonyl (C=O) groups excluding carboxylic acids is 1. The molecule has 0 saturated carbocycles. The number of hydrogen-bond acceptors (Lipinski definition) is 2. The Morgan fingerprint density at radius 1 is 1.22 bits per heavy atom. The Morgan fingerprint density at radius 2 is 1.89 bits per heavy atom. The Hall–Kier alpha value is -0.420. The molecule has 0 radical (unpaired) electrons. The summed E-state index contributed by atoms with van der Waals surface area (Å²) in [7, 11) is 0. The van der Waals surface area contributed by atoms with E-state index >= 15 is 0 Å². The lowest BCUT2D eigenvalue weighted by molar-refractivity contribution is -0.120. The van der Waals surface area contributed by atoms with Gasteiger partial charge < -0.3 is 9.87 Å². The monoisotopic (exact) mass is 305 g/mol. The van der Waals surface area contributed by atoms with Crippen LogP contribution in [0.3, 0.4) is 0 Å². The lowest BCUT2D eigenvalue weighted by Gasteiger charge is -2.19. The first-order valence-electron chi connectivity index (χ1n) is 5.72. The van der Waals surface area contributed by atoms with Crippen molar-refractivity contribution in [3.8, 4) is 0 Å². The third-order valence-electron chi connectivity index (χ3n) is 2.81. The first-order chi connectivity index (χ1) is 8.58. The summed E-state index contributed by atoms with van der Waals surface area (Å²) in [6.45, 7) is 0.656. The van der Waals surface area contributed by atoms with Crippen LogP contribution in [0.1, 0.15) is 19.3 Å². The van der Waals surface area contributed by atoms with E-state index in [1.165, 1.54) is 0 Å². The van der Waals surface area contributed by atoms with E-state index in [-0.39, 0.29) is 5.91 Å². The van der Waals surface area contributed by atoms with Gasteiger partial charge in [-0.3, -0.25) is 4.79 Å². The van der Waals surface area contributed by atoms with Crippen molar-refractivity contribution in [1.29, 1.82) is 0 Å². The summed E-state index contributed by atoms with van der Waals surface area (Å²) in [5.41, 5.74) is 0.